The highest BCUT2D eigenvalue weighted by Crippen LogP contribution is 2.23. The number of hydrogen-bond acceptors (Lipinski definition) is 2. The van der Waals surface area contributed by atoms with Crippen LogP contribution in [-0.4, -0.2) is 10.2 Å². The number of phenolic OH excluding ortho intramolecular Hbond substituents is 1. The van der Waals surface area contributed by atoms with Crippen LogP contribution in [0.25, 0.3) is 0 Å². The molecule has 2 rings (SSSR count). The van der Waals surface area contributed by atoms with Crippen molar-refractivity contribution in [2.75, 3.05) is 0 Å². The Labute approximate surface area is 110 Å². The molecule has 0 aliphatic heterocycles. The summed E-state index contributed by atoms with van der Waals surface area (Å²) in [6, 6.07) is 12.2. The van der Waals surface area contributed by atoms with Gasteiger partial charge in [-0.1, -0.05) is 36.4 Å². The molecule has 4 heteroatoms. The van der Waals surface area contributed by atoms with E-state index in [9.17, 15) is 13.9 Å². The quantitative estimate of drug-likeness (QED) is 0.885. The highest BCUT2D eigenvalue weighted by atomic mass is 19.3. The lowest BCUT2D eigenvalue weighted by Gasteiger charge is -2.12. The third-order valence-corrected chi connectivity index (χ3v) is 2.94. The van der Waals surface area contributed by atoms with Crippen LogP contribution in [0.2, 0.25) is 0 Å². The van der Waals surface area contributed by atoms with Gasteiger partial charge in [-0.05, 0) is 23.3 Å². The van der Waals surface area contributed by atoms with Gasteiger partial charge in [-0.2, -0.15) is 0 Å². The molecule has 2 aromatic rings. The van der Waals surface area contributed by atoms with Crippen LogP contribution < -0.4 is 0 Å². The molecule has 0 aliphatic carbocycles. The molecule has 0 radical (unpaired) electrons. The Bertz CT molecular complexity index is 521. The van der Waals surface area contributed by atoms with Crippen molar-refractivity contribution >= 4 is 0 Å². The number of aromatic hydroxyl groups is 1. The van der Waals surface area contributed by atoms with Crippen LogP contribution in [0.15, 0.2) is 48.5 Å². The monoisotopic (exact) mass is 264 g/mol. The van der Waals surface area contributed by atoms with Gasteiger partial charge < -0.3 is 10.2 Å². The summed E-state index contributed by atoms with van der Waals surface area (Å²) in [5.74, 6) is 0.166. The number of hydrogen-bond donors (Lipinski definition) is 2. The number of benzene rings is 2. The van der Waals surface area contributed by atoms with Gasteiger partial charge in [0, 0.05) is 12.0 Å². The predicted octanol–water partition coefficient (Wildman–Crippen LogP) is 3.61. The van der Waals surface area contributed by atoms with Gasteiger partial charge in [-0.15, -0.1) is 0 Å². The van der Waals surface area contributed by atoms with Gasteiger partial charge in [0.1, 0.15) is 5.75 Å². The van der Waals surface area contributed by atoms with Crippen LogP contribution >= 0.6 is 0 Å². The fourth-order valence-corrected chi connectivity index (χ4v) is 1.84. The Balaban J connectivity index is 2.07. The minimum atomic E-state index is -2.50. The van der Waals surface area contributed by atoms with Gasteiger partial charge in [-0.3, -0.25) is 0 Å². The minimum Gasteiger partial charge on any atom is -0.508 e. The highest BCUT2D eigenvalue weighted by molar-refractivity contribution is 5.29. The largest absolute Gasteiger partial charge is 0.508 e. The van der Waals surface area contributed by atoms with Crippen LogP contribution in [0, 0.1) is 0 Å². The Kier molecular flexibility index (Phi) is 4.12. The summed E-state index contributed by atoms with van der Waals surface area (Å²) in [4.78, 5) is 0. The SMILES string of the molecule is Oc1ccc(CC(O)c2ccc(C(F)F)cc2)cc1. The van der Waals surface area contributed by atoms with E-state index in [0.29, 0.717) is 12.0 Å². The Morgan fingerprint density at radius 3 is 1.89 bits per heavy atom. The van der Waals surface area contributed by atoms with Crippen LogP contribution in [0.3, 0.4) is 0 Å². The maximum absolute atomic E-state index is 12.4. The summed E-state index contributed by atoms with van der Waals surface area (Å²) in [6.45, 7) is 0. The molecule has 0 spiro atoms. The molecule has 0 aliphatic rings. The third kappa shape index (κ3) is 3.51. The third-order valence-electron chi connectivity index (χ3n) is 2.94. The number of rotatable bonds is 4. The van der Waals surface area contributed by atoms with Crippen molar-refractivity contribution in [1.82, 2.24) is 0 Å². The minimum absolute atomic E-state index is 0.0550. The molecule has 2 N–H and O–H groups in total. The predicted molar refractivity (Wildman–Crippen MR) is 68.2 cm³/mol. The molecule has 0 aromatic heterocycles. The molecule has 2 nitrogen and oxygen atoms in total. The highest BCUT2D eigenvalue weighted by Gasteiger charge is 2.11. The molecule has 1 atom stereocenters. The Hall–Kier alpha value is -1.94. The summed E-state index contributed by atoms with van der Waals surface area (Å²) in [6.07, 6.45) is -2.88. The van der Waals surface area contributed by atoms with E-state index in [1.807, 2.05) is 0 Å². The maximum Gasteiger partial charge on any atom is 0.263 e. The number of alkyl halides is 2. The van der Waals surface area contributed by atoms with E-state index in [0.717, 1.165) is 5.56 Å². The van der Waals surface area contributed by atoms with Gasteiger partial charge >= 0.3 is 0 Å². The zero-order valence-corrected chi connectivity index (χ0v) is 10.1. The van der Waals surface area contributed by atoms with Gasteiger partial charge in [0.15, 0.2) is 0 Å². The second-order valence-corrected chi connectivity index (χ2v) is 4.35. The molecule has 19 heavy (non-hydrogen) atoms. The number of aliphatic hydroxyl groups excluding tert-OH is 1. The van der Waals surface area contributed by atoms with E-state index in [1.165, 1.54) is 24.3 Å². The van der Waals surface area contributed by atoms with E-state index in [2.05, 4.69) is 0 Å². The second kappa shape index (κ2) is 5.80. The molecule has 0 bridgehead atoms. The van der Waals surface area contributed by atoms with Crippen LogP contribution in [-0.2, 0) is 6.42 Å². The van der Waals surface area contributed by atoms with E-state index in [1.54, 1.807) is 24.3 Å². The van der Waals surface area contributed by atoms with Crippen LogP contribution in [0.1, 0.15) is 29.2 Å². The molecule has 0 amide bonds. The van der Waals surface area contributed by atoms with Gasteiger partial charge in [-0.25, -0.2) is 8.78 Å². The number of phenols is 1. The van der Waals surface area contributed by atoms with Crippen molar-refractivity contribution < 1.29 is 19.0 Å². The lowest BCUT2D eigenvalue weighted by Crippen LogP contribution is -2.01. The summed E-state index contributed by atoms with van der Waals surface area (Å²) in [5, 5.41) is 19.2. The first-order valence-corrected chi connectivity index (χ1v) is 5.90. The first-order valence-electron chi connectivity index (χ1n) is 5.90. The lowest BCUT2D eigenvalue weighted by atomic mass is 10.0. The lowest BCUT2D eigenvalue weighted by molar-refractivity contribution is 0.151. The molecule has 100 valence electrons. The number of aliphatic hydroxyl groups is 1. The van der Waals surface area contributed by atoms with E-state index in [-0.39, 0.29) is 11.3 Å². The van der Waals surface area contributed by atoms with Crippen molar-refractivity contribution in [2.24, 2.45) is 0 Å². The van der Waals surface area contributed by atoms with Gasteiger partial charge in [0.05, 0.1) is 6.10 Å². The van der Waals surface area contributed by atoms with E-state index < -0.39 is 12.5 Å². The van der Waals surface area contributed by atoms with Gasteiger partial charge in [0.2, 0.25) is 0 Å². The van der Waals surface area contributed by atoms with Gasteiger partial charge in [0.25, 0.3) is 6.43 Å². The maximum atomic E-state index is 12.4. The van der Waals surface area contributed by atoms with Crippen molar-refractivity contribution in [3.05, 3.63) is 65.2 Å². The molecular formula is C15H14F2O2. The van der Waals surface area contributed by atoms with Crippen molar-refractivity contribution in [3.63, 3.8) is 0 Å². The van der Waals surface area contributed by atoms with Crippen molar-refractivity contribution in [1.29, 1.82) is 0 Å². The molecular weight excluding hydrogens is 250 g/mol. The zero-order chi connectivity index (χ0) is 13.8. The summed E-state index contributed by atoms with van der Waals surface area (Å²) in [7, 11) is 0. The van der Waals surface area contributed by atoms with Crippen LogP contribution in [0.4, 0.5) is 8.78 Å². The van der Waals surface area contributed by atoms with Crippen molar-refractivity contribution in [3.8, 4) is 5.75 Å². The topological polar surface area (TPSA) is 40.5 Å². The number of halogens is 2. The van der Waals surface area contributed by atoms with E-state index >= 15 is 0 Å². The fraction of sp³-hybridized carbons (Fsp3) is 0.200. The summed E-state index contributed by atoms with van der Waals surface area (Å²) >= 11 is 0. The fourth-order valence-electron chi connectivity index (χ4n) is 1.84. The first-order chi connectivity index (χ1) is 9.06. The molecule has 0 fully saturated rings. The standard InChI is InChI=1S/C15H14F2O2/c16-15(17)12-5-3-11(4-6-12)14(19)9-10-1-7-13(18)8-2-10/h1-8,14-15,18-19H,9H2. The molecule has 0 saturated carbocycles. The van der Waals surface area contributed by atoms with Crippen molar-refractivity contribution in [2.45, 2.75) is 19.0 Å². The molecule has 0 saturated heterocycles. The molecule has 1 unspecified atom stereocenters. The smallest absolute Gasteiger partial charge is 0.263 e. The second-order valence-electron chi connectivity index (χ2n) is 4.35. The zero-order valence-electron chi connectivity index (χ0n) is 10.1. The molecule has 2 aromatic carbocycles. The normalized spacial score (nSPS) is 12.6. The Morgan fingerprint density at radius 2 is 1.37 bits per heavy atom. The average Bonchev–Trinajstić information content (AvgIpc) is 2.41. The average molecular weight is 264 g/mol. The first kappa shape index (κ1) is 13.5. The Morgan fingerprint density at radius 1 is 0.842 bits per heavy atom. The molecule has 0 heterocycles. The van der Waals surface area contributed by atoms with Crippen LogP contribution in [0.5, 0.6) is 5.75 Å². The van der Waals surface area contributed by atoms with E-state index in [4.69, 9.17) is 5.11 Å². The summed E-state index contributed by atoms with van der Waals surface area (Å²) < 4.78 is 24.8. The summed E-state index contributed by atoms with van der Waals surface area (Å²) in [5.41, 5.74) is 1.40.